The van der Waals surface area contributed by atoms with E-state index in [1.165, 1.54) is 24.8 Å². The molecule has 0 spiro atoms. The normalized spacial score (nSPS) is 13.5. The van der Waals surface area contributed by atoms with Gasteiger partial charge in [0.15, 0.2) is 0 Å². The van der Waals surface area contributed by atoms with E-state index in [0.717, 1.165) is 18.0 Å². The van der Waals surface area contributed by atoms with Crippen molar-refractivity contribution in [1.82, 2.24) is 5.32 Å². The summed E-state index contributed by atoms with van der Waals surface area (Å²) in [6.07, 6.45) is 4.76. The third-order valence-electron chi connectivity index (χ3n) is 3.32. The van der Waals surface area contributed by atoms with Crippen LogP contribution >= 0.6 is 11.6 Å². The van der Waals surface area contributed by atoms with E-state index in [1.54, 1.807) is 0 Å². The van der Waals surface area contributed by atoms with Crippen molar-refractivity contribution in [2.24, 2.45) is 5.41 Å². The quantitative estimate of drug-likeness (QED) is 0.735. The molecule has 1 atom stereocenters. The minimum absolute atomic E-state index is 0.409. The van der Waals surface area contributed by atoms with Gasteiger partial charge in [0.2, 0.25) is 0 Å². The lowest BCUT2D eigenvalue weighted by molar-refractivity contribution is 0.328. The minimum Gasteiger partial charge on any atom is -0.314 e. The molecule has 0 radical (unpaired) electrons. The second-order valence-corrected chi connectivity index (χ2v) is 7.02. The lowest BCUT2D eigenvalue weighted by atomic mass is 9.87. The Balaban J connectivity index is 2.55. The SMILES string of the molecule is CCCNC(CCC(C)(C)C)Cc1ccc(Cl)cc1. The zero-order valence-electron chi connectivity index (χ0n) is 12.8. The molecule has 0 heterocycles. The molecule has 1 unspecified atom stereocenters. The van der Waals surface area contributed by atoms with Gasteiger partial charge in [-0.2, -0.15) is 0 Å². The molecule has 0 amide bonds. The van der Waals surface area contributed by atoms with Crippen molar-refractivity contribution >= 4 is 11.6 Å². The number of hydrogen-bond donors (Lipinski definition) is 1. The van der Waals surface area contributed by atoms with Gasteiger partial charge in [-0.05, 0) is 55.3 Å². The Morgan fingerprint density at radius 3 is 2.32 bits per heavy atom. The summed E-state index contributed by atoms with van der Waals surface area (Å²) in [6, 6.07) is 8.81. The summed E-state index contributed by atoms with van der Waals surface area (Å²) in [5, 5.41) is 4.49. The topological polar surface area (TPSA) is 12.0 Å². The van der Waals surface area contributed by atoms with Gasteiger partial charge in [0, 0.05) is 11.1 Å². The highest BCUT2D eigenvalue weighted by atomic mass is 35.5. The fraction of sp³-hybridized carbons (Fsp3) is 0.647. The third-order valence-corrected chi connectivity index (χ3v) is 3.57. The maximum Gasteiger partial charge on any atom is 0.0406 e. The first kappa shape index (κ1) is 16.5. The predicted molar refractivity (Wildman–Crippen MR) is 85.9 cm³/mol. The Kier molecular flexibility index (Phi) is 6.88. The lowest BCUT2D eigenvalue weighted by Crippen LogP contribution is -2.32. The standard InChI is InChI=1S/C17H28ClN/c1-5-12-19-16(10-11-17(2,3)4)13-14-6-8-15(18)9-7-14/h6-9,16,19H,5,10-13H2,1-4H3. The van der Waals surface area contributed by atoms with Crippen LogP contribution in [-0.2, 0) is 6.42 Å². The van der Waals surface area contributed by atoms with Crippen LogP contribution in [0.5, 0.6) is 0 Å². The van der Waals surface area contributed by atoms with Crippen LogP contribution in [0, 0.1) is 5.41 Å². The molecule has 1 aromatic carbocycles. The van der Waals surface area contributed by atoms with Crippen molar-refractivity contribution < 1.29 is 0 Å². The Hall–Kier alpha value is -0.530. The summed E-state index contributed by atoms with van der Waals surface area (Å²) in [6.45, 7) is 10.3. The van der Waals surface area contributed by atoms with Crippen LogP contribution in [0.2, 0.25) is 5.02 Å². The maximum atomic E-state index is 5.94. The summed E-state index contributed by atoms with van der Waals surface area (Å²) in [5.74, 6) is 0. The molecule has 0 saturated carbocycles. The fourth-order valence-electron chi connectivity index (χ4n) is 2.14. The van der Waals surface area contributed by atoms with E-state index in [9.17, 15) is 0 Å². The Labute approximate surface area is 123 Å². The number of nitrogens with one attached hydrogen (secondary N) is 1. The van der Waals surface area contributed by atoms with Crippen molar-refractivity contribution in [3.8, 4) is 0 Å². The second kappa shape index (κ2) is 7.91. The average Bonchev–Trinajstić information content (AvgIpc) is 2.34. The zero-order valence-corrected chi connectivity index (χ0v) is 13.6. The van der Waals surface area contributed by atoms with E-state index in [4.69, 9.17) is 11.6 Å². The molecule has 1 nitrogen and oxygen atoms in total. The fourth-order valence-corrected chi connectivity index (χ4v) is 2.26. The smallest absolute Gasteiger partial charge is 0.0406 e. The molecule has 0 saturated heterocycles. The number of rotatable bonds is 7. The van der Waals surface area contributed by atoms with E-state index in [1.807, 2.05) is 12.1 Å². The van der Waals surface area contributed by atoms with E-state index < -0.39 is 0 Å². The highest BCUT2D eigenvalue weighted by Gasteiger charge is 2.15. The van der Waals surface area contributed by atoms with Crippen molar-refractivity contribution in [1.29, 1.82) is 0 Å². The molecule has 0 fully saturated rings. The molecule has 0 aliphatic carbocycles. The first-order chi connectivity index (χ1) is 8.90. The van der Waals surface area contributed by atoms with Crippen LogP contribution in [0.15, 0.2) is 24.3 Å². The van der Waals surface area contributed by atoms with Crippen molar-refractivity contribution in [3.05, 3.63) is 34.9 Å². The molecule has 19 heavy (non-hydrogen) atoms. The van der Waals surface area contributed by atoms with Gasteiger partial charge in [-0.3, -0.25) is 0 Å². The second-order valence-electron chi connectivity index (χ2n) is 6.58. The summed E-state index contributed by atoms with van der Waals surface area (Å²) in [4.78, 5) is 0. The molecule has 1 aromatic rings. The largest absolute Gasteiger partial charge is 0.314 e. The van der Waals surface area contributed by atoms with Crippen LogP contribution in [0.3, 0.4) is 0 Å². The van der Waals surface area contributed by atoms with Crippen molar-refractivity contribution in [2.45, 2.75) is 59.4 Å². The molecular formula is C17H28ClN. The summed E-state index contributed by atoms with van der Waals surface area (Å²) in [7, 11) is 0. The van der Waals surface area contributed by atoms with Crippen LogP contribution in [0.25, 0.3) is 0 Å². The predicted octanol–water partition coefficient (Wildman–Crippen LogP) is 5.08. The highest BCUT2D eigenvalue weighted by molar-refractivity contribution is 6.30. The van der Waals surface area contributed by atoms with E-state index in [-0.39, 0.29) is 0 Å². The van der Waals surface area contributed by atoms with Gasteiger partial charge in [0.1, 0.15) is 0 Å². The van der Waals surface area contributed by atoms with Gasteiger partial charge in [0.25, 0.3) is 0 Å². The van der Waals surface area contributed by atoms with Crippen LogP contribution in [0.1, 0.15) is 52.5 Å². The van der Waals surface area contributed by atoms with Crippen molar-refractivity contribution in [2.75, 3.05) is 6.54 Å². The molecule has 0 aliphatic heterocycles. The summed E-state index contributed by atoms with van der Waals surface area (Å²) >= 11 is 5.94. The van der Waals surface area contributed by atoms with E-state index in [2.05, 4.69) is 45.1 Å². The first-order valence-corrected chi connectivity index (χ1v) is 7.76. The maximum absolute atomic E-state index is 5.94. The Morgan fingerprint density at radius 1 is 1.16 bits per heavy atom. The van der Waals surface area contributed by atoms with E-state index >= 15 is 0 Å². The van der Waals surface area contributed by atoms with Gasteiger partial charge in [-0.1, -0.05) is 51.4 Å². The first-order valence-electron chi connectivity index (χ1n) is 7.38. The third kappa shape index (κ3) is 7.59. The van der Waals surface area contributed by atoms with Crippen LogP contribution < -0.4 is 5.32 Å². The zero-order chi connectivity index (χ0) is 14.3. The number of hydrogen-bond acceptors (Lipinski definition) is 1. The minimum atomic E-state index is 0.409. The van der Waals surface area contributed by atoms with Gasteiger partial charge in [0.05, 0.1) is 0 Å². The lowest BCUT2D eigenvalue weighted by Gasteiger charge is -2.24. The van der Waals surface area contributed by atoms with Gasteiger partial charge < -0.3 is 5.32 Å². The molecule has 0 aliphatic rings. The molecule has 108 valence electrons. The Morgan fingerprint density at radius 2 is 1.79 bits per heavy atom. The molecule has 1 N–H and O–H groups in total. The van der Waals surface area contributed by atoms with Crippen LogP contribution in [0.4, 0.5) is 0 Å². The molecule has 2 heteroatoms. The number of halogens is 1. The monoisotopic (exact) mass is 281 g/mol. The summed E-state index contributed by atoms with van der Waals surface area (Å²) in [5.41, 5.74) is 1.78. The number of benzene rings is 1. The molecular weight excluding hydrogens is 254 g/mol. The van der Waals surface area contributed by atoms with Gasteiger partial charge >= 0.3 is 0 Å². The van der Waals surface area contributed by atoms with Gasteiger partial charge in [-0.15, -0.1) is 0 Å². The molecule has 0 bridgehead atoms. The van der Waals surface area contributed by atoms with Gasteiger partial charge in [-0.25, -0.2) is 0 Å². The van der Waals surface area contributed by atoms with E-state index in [0.29, 0.717) is 11.5 Å². The molecule has 1 rings (SSSR count). The Bertz CT molecular complexity index is 351. The highest BCUT2D eigenvalue weighted by Crippen LogP contribution is 2.23. The average molecular weight is 282 g/mol. The van der Waals surface area contributed by atoms with Crippen LogP contribution in [-0.4, -0.2) is 12.6 Å². The van der Waals surface area contributed by atoms with Crippen molar-refractivity contribution in [3.63, 3.8) is 0 Å². The molecule has 0 aromatic heterocycles. The summed E-state index contributed by atoms with van der Waals surface area (Å²) < 4.78 is 0.